The quantitative estimate of drug-likeness (QED) is 0.166. The minimum absolute atomic E-state index is 0. The van der Waals surface area contributed by atoms with Crippen LogP contribution in [0.1, 0.15) is 37.0 Å². The number of aryl methyl sites for hydroxylation is 1. The minimum atomic E-state index is 0. The number of anilines is 1. The fraction of sp³-hybridized carbons (Fsp3) is 0.135. The Balaban J connectivity index is 0.00000264. The van der Waals surface area contributed by atoms with E-state index >= 15 is 0 Å². The first-order valence-electron chi connectivity index (χ1n) is 13.8. The van der Waals surface area contributed by atoms with Crippen LogP contribution in [0.3, 0.4) is 0 Å². The van der Waals surface area contributed by atoms with Crippen molar-refractivity contribution in [3.05, 3.63) is 150 Å². The number of nitriles is 1. The smallest absolute Gasteiger partial charge is 0.459 e. The Kier molecular flexibility index (Phi) is 12.8. The maximum Gasteiger partial charge on any atom is 2.00 e. The van der Waals surface area contributed by atoms with Gasteiger partial charge in [0.1, 0.15) is 16.9 Å². The van der Waals surface area contributed by atoms with E-state index in [9.17, 15) is 0 Å². The molecule has 5 aromatic rings. The molecule has 0 amide bonds. The molecule has 0 aliphatic rings. The van der Waals surface area contributed by atoms with E-state index in [-0.39, 0.29) is 38.5 Å². The third kappa shape index (κ3) is 8.60. The van der Waals surface area contributed by atoms with E-state index in [1.807, 2.05) is 80.8 Å². The predicted octanol–water partition coefficient (Wildman–Crippen LogP) is 6.82. The number of benzene rings is 3. The monoisotopic (exact) mass is 803 g/mol. The van der Waals surface area contributed by atoms with Gasteiger partial charge in [-0.15, -0.1) is 5.56 Å². The summed E-state index contributed by atoms with van der Waals surface area (Å²) in [5, 5.41) is 14.3. The molecular weight excluding hydrogens is 768 g/mol. The van der Waals surface area contributed by atoms with Gasteiger partial charge in [-0.3, -0.25) is 4.98 Å². The van der Waals surface area contributed by atoms with Crippen LogP contribution in [0, 0.1) is 62.9 Å². The zero-order chi connectivity index (χ0) is 29.3. The maximum atomic E-state index is 9.09. The number of rotatable bonds is 9. The summed E-state index contributed by atoms with van der Waals surface area (Å²) in [6.07, 6.45) is 10.3. The van der Waals surface area contributed by atoms with Crippen molar-refractivity contribution in [1.29, 1.82) is 5.26 Å². The molecule has 0 radical (unpaired) electrons. The van der Waals surface area contributed by atoms with Gasteiger partial charge in [0.2, 0.25) is 0 Å². The molecule has 218 valence electrons. The Bertz CT molecular complexity index is 1860. The number of nitrogens with zero attached hydrogens (tertiary/aromatic N) is 4. The van der Waals surface area contributed by atoms with E-state index in [0.29, 0.717) is 18.5 Å². The molecule has 2 heterocycles. The van der Waals surface area contributed by atoms with Gasteiger partial charge in [0.25, 0.3) is 0 Å². The first-order valence-corrected chi connectivity index (χ1v) is 13.8. The molecular formula is C37H35N5OU. The normalized spacial score (nSPS) is 12.0. The molecule has 0 bridgehead atoms. The molecule has 0 spiro atoms. The Morgan fingerprint density at radius 3 is 2.41 bits per heavy atom. The first-order chi connectivity index (χ1) is 20.5. The molecule has 6 nitrogen and oxygen atoms in total. The number of hydrogen-bond donors (Lipinski definition) is 1. The van der Waals surface area contributed by atoms with Crippen LogP contribution in [0.15, 0.2) is 109 Å². The topological polar surface area (TPSA) is 75.8 Å². The number of allylic oxidation sites excluding steroid dienone is 2. The molecule has 0 atom stereocenters. The summed E-state index contributed by atoms with van der Waals surface area (Å²) < 4.78 is 8.64. The van der Waals surface area contributed by atoms with Crippen molar-refractivity contribution >= 4 is 17.5 Å². The third-order valence-electron chi connectivity index (χ3n) is 6.97. The summed E-state index contributed by atoms with van der Waals surface area (Å²) in [6, 6.07) is 30.9. The summed E-state index contributed by atoms with van der Waals surface area (Å²) >= 11 is 0. The van der Waals surface area contributed by atoms with Gasteiger partial charge in [-0.1, -0.05) is 18.2 Å². The van der Waals surface area contributed by atoms with Crippen LogP contribution in [0.5, 0.6) is 5.75 Å². The molecule has 5 rings (SSSR count). The van der Waals surface area contributed by atoms with E-state index in [2.05, 4.69) is 64.3 Å². The number of ether oxygens (including phenoxy) is 1. The van der Waals surface area contributed by atoms with E-state index < -0.39 is 0 Å². The van der Waals surface area contributed by atoms with Crippen molar-refractivity contribution in [3.63, 3.8) is 0 Å². The Labute approximate surface area is 283 Å². The van der Waals surface area contributed by atoms with E-state index in [1.54, 1.807) is 12.4 Å². The van der Waals surface area contributed by atoms with Crippen LogP contribution in [0.2, 0.25) is 0 Å². The van der Waals surface area contributed by atoms with Gasteiger partial charge < -0.3 is 22.0 Å². The van der Waals surface area contributed by atoms with Gasteiger partial charge in [-0.25, -0.2) is 4.98 Å². The Morgan fingerprint density at radius 1 is 1.02 bits per heavy atom. The Hall–Kier alpha value is -4.36. The molecule has 0 fully saturated rings. The summed E-state index contributed by atoms with van der Waals surface area (Å²) in [7, 11) is 0. The molecule has 3 aromatic carbocycles. The number of nitrogens with one attached hydrogen (secondary N) is 1. The SMILES string of the molecule is C/C=C(/C/C=c1/ncn(Cc2cc[c-]cc2)/c1=C(/C)Oc1ccc(-c2ccncc2)cc1C)Nc1ccc(C#N)cc1.[CH3-].[U+2]. The molecule has 0 aliphatic heterocycles. The van der Waals surface area contributed by atoms with Gasteiger partial charge in [-0.05, 0) is 86.0 Å². The second kappa shape index (κ2) is 16.5. The van der Waals surface area contributed by atoms with Crippen LogP contribution in [-0.4, -0.2) is 14.5 Å². The van der Waals surface area contributed by atoms with E-state index in [0.717, 1.165) is 55.8 Å². The van der Waals surface area contributed by atoms with E-state index in [4.69, 9.17) is 15.0 Å². The molecule has 7 heteroatoms. The van der Waals surface area contributed by atoms with Crippen molar-refractivity contribution in [3.8, 4) is 22.9 Å². The van der Waals surface area contributed by atoms with Crippen molar-refractivity contribution < 1.29 is 35.9 Å². The minimum Gasteiger partial charge on any atom is -0.459 e. The zero-order valence-electron chi connectivity index (χ0n) is 25.5. The number of hydrogen-bond acceptors (Lipinski definition) is 5. The standard InChI is InChI=1S/C36H32N5O.CH3.U/c1-4-32(40-33-13-10-28(23-37)11-14-33)15-16-34-36(41(25-39-34)24-29-8-6-5-7-9-29)27(3)42-35-17-12-31(22-26(35)2)30-18-20-38-21-19-30;;/h4,6-14,16-22,25,40H,15,24H2,1-3H3;1H3;/q2*-1;+2/b32-4-,34-16+,36-27-;;. The van der Waals surface area contributed by atoms with Crippen LogP contribution >= 0.6 is 0 Å². The average Bonchev–Trinajstić information content (AvgIpc) is 3.43. The van der Waals surface area contributed by atoms with Gasteiger partial charge in [0.05, 0.1) is 23.3 Å². The summed E-state index contributed by atoms with van der Waals surface area (Å²) in [6.45, 7) is 6.72. The largest absolute Gasteiger partial charge is 2.00 e. The average molecular weight is 804 g/mol. The second-order valence-electron chi connectivity index (χ2n) is 9.93. The number of aromatic nitrogens is 3. The van der Waals surface area contributed by atoms with Crippen molar-refractivity contribution in [2.24, 2.45) is 0 Å². The Morgan fingerprint density at radius 2 is 1.75 bits per heavy atom. The molecule has 0 saturated heterocycles. The van der Waals surface area contributed by atoms with Crippen molar-refractivity contribution in [1.82, 2.24) is 14.5 Å². The fourth-order valence-corrected chi connectivity index (χ4v) is 4.74. The molecule has 1 N–H and O–H groups in total. The summed E-state index contributed by atoms with van der Waals surface area (Å²) in [4.78, 5) is 8.91. The van der Waals surface area contributed by atoms with Crippen LogP contribution in [-0.2, 0) is 6.54 Å². The molecule has 0 saturated carbocycles. The molecule has 0 unspecified atom stereocenters. The van der Waals surface area contributed by atoms with Crippen molar-refractivity contribution in [2.75, 3.05) is 5.32 Å². The van der Waals surface area contributed by atoms with Gasteiger partial charge in [0.15, 0.2) is 0 Å². The maximum absolute atomic E-state index is 9.09. The summed E-state index contributed by atoms with van der Waals surface area (Å²) in [5.41, 5.74) is 7.02. The van der Waals surface area contributed by atoms with E-state index in [1.165, 1.54) is 0 Å². The summed E-state index contributed by atoms with van der Waals surface area (Å²) in [5.74, 6) is 1.57. The zero-order valence-corrected chi connectivity index (χ0v) is 29.7. The molecule has 2 aromatic heterocycles. The predicted molar refractivity (Wildman–Crippen MR) is 174 cm³/mol. The van der Waals surface area contributed by atoms with Crippen molar-refractivity contribution in [2.45, 2.75) is 33.7 Å². The molecule has 44 heavy (non-hydrogen) atoms. The second-order valence-corrected chi connectivity index (χ2v) is 9.93. The van der Waals surface area contributed by atoms with Crippen LogP contribution in [0.4, 0.5) is 5.69 Å². The number of pyridine rings is 1. The van der Waals surface area contributed by atoms with Gasteiger partial charge in [-0.2, -0.15) is 35.6 Å². The van der Waals surface area contributed by atoms with Crippen LogP contribution in [0.25, 0.3) is 23.0 Å². The fourth-order valence-electron chi connectivity index (χ4n) is 4.74. The number of imidazole rings is 1. The van der Waals surface area contributed by atoms with Crippen LogP contribution < -0.4 is 20.8 Å². The molecule has 0 aliphatic carbocycles. The first kappa shape index (κ1) is 34.1. The van der Waals surface area contributed by atoms with Gasteiger partial charge in [0, 0.05) is 36.7 Å². The third-order valence-corrected chi connectivity index (χ3v) is 6.97. The van der Waals surface area contributed by atoms with Gasteiger partial charge >= 0.3 is 31.1 Å².